The van der Waals surface area contributed by atoms with Gasteiger partial charge in [0, 0.05) is 23.3 Å². The summed E-state index contributed by atoms with van der Waals surface area (Å²) in [4.78, 5) is 0. The van der Waals surface area contributed by atoms with Gasteiger partial charge in [-0.05, 0) is 31.5 Å². The molecule has 0 amide bonds. The summed E-state index contributed by atoms with van der Waals surface area (Å²) in [5.74, 6) is 0. The van der Waals surface area contributed by atoms with Crippen molar-refractivity contribution in [1.29, 1.82) is 0 Å². The maximum atomic E-state index is 5.07. The van der Waals surface area contributed by atoms with Crippen LogP contribution in [0.25, 0.3) is 0 Å². The van der Waals surface area contributed by atoms with Crippen molar-refractivity contribution in [2.75, 3.05) is 19.0 Å². The van der Waals surface area contributed by atoms with E-state index >= 15 is 0 Å². The second-order valence-corrected chi connectivity index (χ2v) is 4.38. The molecule has 0 aromatic heterocycles. The number of anilines is 1. The second-order valence-electron chi connectivity index (χ2n) is 3.46. The van der Waals surface area contributed by atoms with Gasteiger partial charge >= 0.3 is 0 Å². The lowest BCUT2D eigenvalue weighted by atomic mass is 10.2. The first-order valence-corrected chi connectivity index (χ1v) is 5.44. The van der Waals surface area contributed by atoms with Gasteiger partial charge in [-0.3, -0.25) is 0 Å². The fraction of sp³-hybridized carbons (Fsp3) is 0.455. The molecule has 1 N–H and O–H groups in total. The number of nitrogens with one attached hydrogen (secondary N) is 1. The average Bonchev–Trinajstić information content (AvgIpc) is 2.12. The molecule has 0 spiro atoms. The first-order valence-electron chi connectivity index (χ1n) is 4.65. The van der Waals surface area contributed by atoms with Crippen molar-refractivity contribution < 1.29 is 4.74 Å². The monoisotopic (exact) mass is 257 g/mol. The van der Waals surface area contributed by atoms with Gasteiger partial charge in [-0.1, -0.05) is 22.0 Å². The Kier molecular flexibility index (Phi) is 4.42. The molecule has 1 aromatic rings. The molecular weight excluding hydrogens is 242 g/mol. The van der Waals surface area contributed by atoms with E-state index in [-0.39, 0.29) is 0 Å². The Bertz CT molecular complexity index is 301. The number of aryl methyl sites for hydroxylation is 1. The lowest BCUT2D eigenvalue weighted by Gasteiger charge is -2.16. The predicted octanol–water partition coefficient (Wildman–Crippen LogP) is 3.20. The van der Waals surface area contributed by atoms with Crippen LogP contribution in [0.3, 0.4) is 0 Å². The van der Waals surface area contributed by atoms with Crippen LogP contribution in [0.15, 0.2) is 22.7 Å². The van der Waals surface area contributed by atoms with E-state index in [0.29, 0.717) is 12.6 Å². The minimum absolute atomic E-state index is 0.327. The largest absolute Gasteiger partial charge is 0.383 e. The van der Waals surface area contributed by atoms with E-state index < -0.39 is 0 Å². The molecule has 0 heterocycles. The van der Waals surface area contributed by atoms with Crippen molar-refractivity contribution in [3.05, 3.63) is 28.2 Å². The number of benzene rings is 1. The summed E-state index contributed by atoms with van der Waals surface area (Å²) in [5.41, 5.74) is 2.40. The number of rotatable bonds is 4. The Morgan fingerprint density at radius 3 is 2.86 bits per heavy atom. The maximum Gasteiger partial charge on any atom is 0.0661 e. The molecule has 0 radical (unpaired) electrons. The average molecular weight is 258 g/mol. The van der Waals surface area contributed by atoms with Gasteiger partial charge in [0.1, 0.15) is 0 Å². The Morgan fingerprint density at radius 1 is 1.50 bits per heavy atom. The highest BCUT2D eigenvalue weighted by Crippen LogP contribution is 2.21. The molecule has 0 aliphatic heterocycles. The molecule has 0 aliphatic rings. The van der Waals surface area contributed by atoms with Crippen LogP contribution in [0.5, 0.6) is 0 Å². The second kappa shape index (κ2) is 5.37. The first kappa shape index (κ1) is 11.5. The summed E-state index contributed by atoms with van der Waals surface area (Å²) in [6.07, 6.45) is 0. The summed E-state index contributed by atoms with van der Waals surface area (Å²) < 4.78 is 6.16. The quantitative estimate of drug-likeness (QED) is 0.895. The van der Waals surface area contributed by atoms with E-state index in [4.69, 9.17) is 4.74 Å². The third-order valence-corrected chi connectivity index (χ3v) is 2.51. The minimum Gasteiger partial charge on any atom is -0.383 e. The van der Waals surface area contributed by atoms with Gasteiger partial charge in [0.2, 0.25) is 0 Å². The van der Waals surface area contributed by atoms with Gasteiger partial charge < -0.3 is 10.1 Å². The van der Waals surface area contributed by atoms with Crippen LogP contribution < -0.4 is 5.32 Å². The number of hydrogen-bond donors (Lipinski definition) is 1. The number of halogens is 1. The number of hydrogen-bond acceptors (Lipinski definition) is 2. The summed E-state index contributed by atoms with van der Waals surface area (Å²) in [6.45, 7) is 4.91. The molecule has 0 aliphatic carbocycles. The number of ether oxygens (including phenoxy) is 1. The molecule has 2 nitrogen and oxygen atoms in total. The van der Waals surface area contributed by atoms with Crippen molar-refractivity contribution >= 4 is 21.6 Å². The normalized spacial score (nSPS) is 12.6. The van der Waals surface area contributed by atoms with Gasteiger partial charge in [-0.15, -0.1) is 0 Å². The van der Waals surface area contributed by atoms with Gasteiger partial charge in [-0.25, -0.2) is 0 Å². The van der Waals surface area contributed by atoms with Gasteiger partial charge in [0.25, 0.3) is 0 Å². The maximum absolute atomic E-state index is 5.07. The summed E-state index contributed by atoms with van der Waals surface area (Å²) in [6, 6.07) is 6.54. The topological polar surface area (TPSA) is 21.3 Å². The molecule has 3 heteroatoms. The van der Waals surface area contributed by atoms with E-state index in [1.54, 1.807) is 7.11 Å². The zero-order chi connectivity index (χ0) is 10.6. The van der Waals surface area contributed by atoms with E-state index in [1.165, 1.54) is 5.56 Å². The fourth-order valence-electron chi connectivity index (χ4n) is 1.31. The zero-order valence-corrected chi connectivity index (χ0v) is 10.4. The molecule has 1 rings (SSSR count). The third-order valence-electron chi connectivity index (χ3n) is 2.02. The van der Waals surface area contributed by atoms with Crippen molar-refractivity contribution in [2.24, 2.45) is 0 Å². The standard InChI is InChI=1S/C11H16BrNO/c1-8-4-5-10(12)6-11(8)13-9(2)7-14-3/h4-6,9,13H,7H2,1-3H3. The lowest BCUT2D eigenvalue weighted by Crippen LogP contribution is -2.21. The van der Waals surface area contributed by atoms with Crippen molar-refractivity contribution in [1.82, 2.24) is 0 Å². The third kappa shape index (κ3) is 3.31. The van der Waals surface area contributed by atoms with Gasteiger partial charge in [0.15, 0.2) is 0 Å². The molecule has 0 saturated heterocycles. The van der Waals surface area contributed by atoms with Crippen molar-refractivity contribution in [3.63, 3.8) is 0 Å². The molecule has 0 fully saturated rings. The lowest BCUT2D eigenvalue weighted by molar-refractivity contribution is 0.190. The minimum atomic E-state index is 0.327. The van der Waals surface area contributed by atoms with Crippen LogP contribution in [0.1, 0.15) is 12.5 Å². The molecule has 78 valence electrons. The van der Waals surface area contributed by atoms with Crippen LogP contribution in [0.4, 0.5) is 5.69 Å². The number of methoxy groups -OCH3 is 1. The molecule has 1 aromatic carbocycles. The Morgan fingerprint density at radius 2 is 2.21 bits per heavy atom. The first-order chi connectivity index (χ1) is 6.63. The smallest absolute Gasteiger partial charge is 0.0661 e. The van der Waals surface area contributed by atoms with Crippen molar-refractivity contribution in [2.45, 2.75) is 19.9 Å². The van der Waals surface area contributed by atoms with Crippen LogP contribution in [0, 0.1) is 6.92 Å². The summed E-state index contributed by atoms with van der Waals surface area (Å²) in [5, 5.41) is 3.40. The fourth-order valence-corrected chi connectivity index (χ4v) is 1.67. The van der Waals surface area contributed by atoms with Crippen molar-refractivity contribution in [3.8, 4) is 0 Å². The molecular formula is C11H16BrNO. The molecule has 0 bridgehead atoms. The SMILES string of the molecule is COCC(C)Nc1cc(Br)ccc1C. The van der Waals surface area contributed by atoms with Crippen LogP contribution in [-0.4, -0.2) is 19.8 Å². The molecule has 14 heavy (non-hydrogen) atoms. The highest BCUT2D eigenvalue weighted by Gasteiger charge is 2.03. The van der Waals surface area contributed by atoms with E-state index in [9.17, 15) is 0 Å². The molecule has 1 unspecified atom stereocenters. The Labute approximate surface area is 93.8 Å². The van der Waals surface area contributed by atoms with Gasteiger partial charge in [0.05, 0.1) is 6.61 Å². The van der Waals surface area contributed by atoms with E-state index in [2.05, 4.69) is 47.2 Å². The van der Waals surface area contributed by atoms with E-state index in [1.807, 2.05) is 6.07 Å². The van der Waals surface area contributed by atoms with Crippen LogP contribution >= 0.6 is 15.9 Å². The van der Waals surface area contributed by atoms with Gasteiger partial charge in [-0.2, -0.15) is 0 Å². The highest BCUT2D eigenvalue weighted by atomic mass is 79.9. The molecule has 0 saturated carbocycles. The Balaban J connectivity index is 2.70. The predicted molar refractivity (Wildman–Crippen MR) is 63.8 cm³/mol. The van der Waals surface area contributed by atoms with Crippen LogP contribution in [0.2, 0.25) is 0 Å². The zero-order valence-electron chi connectivity index (χ0n) is 8.80. The highest BCUT2D eigenvalue weighted by molar-refractivity contribution is 9.10. The van der Waals surface area contributed by atoms with Crippen LogP contribution in [-0.2, 0) is 4.74 Å². The van der Waals surface area contributed by atoms with E-state index in [0.717, 1.165) is 10.2 Å². The summed E-state index contributed by atoms with van der Waals surface area (Å²) in [7, 11) is 1.71. The molecule has 1 atom stereocenters. The summed E-state index contributed by atoms with van der Waals surface area (Å²) >= 11 is 3.45. The Hall–Kier alpha value is -0.540.